The highest BCUT2D eigenvalue weighted by Gasteiger charge is 2.53. The molecule has 1 unspecified atom stereocenters. The first-order valence-corrected chi connectivity index (χ1v) is 7.13. The van der Waals surface area contributed by atoms with Crippen LogP contribution in [-0.2, 0) is 4.74 Å². The maximum Gasteiger partial charge on any atom is 0.407 e. The molecule has 1 aromatic rings. The lowest BCUT2D eigenvalue weighted by atomic mass is 9.70. The van der Waals surface area contributed by atoms with Crippen molar-refractivity contribution in [1.82, 2.24) is 4.90 Å². The Morgan fingerprint density at radius 1 is 1.33 bits per heavy atom. The average molecular weight is 293 g/mol. The number of hydrogen-bond donors (Lipinski definition) is 2. The summed E-state index contributed by atoms with van der Waals surface area (Å²) in [5, 5.41) is 20.2. The summed E-state index contributed by atoms with van der Waals surface area (Å²) in [6, 6.07) is 9.26. The standard InChI is InChI=1S/C16H23NO4/c1-15(2,3)16(11-17(14(19)20)9-10-21-16)13(18)12-7-5-4-6-8-12/h4-8,13,18H,9-11H2,1-3H3,(H,19,20)/t13?,16-/m0/s1. The van der Waals surface area contributed by atoms with Crippen LogP contribution >= 0.6 is 0 Å². The molecule has 1 heterocycles. The van der Waals surface area contributed by atoms with E-state index in [9.17, 15) is 15.0 Å². The Labute approximate surface area is 125 Å². The number of carboxylic acid groups (broad SMARTS) is 1. The van der Waals surface area contributed by atoms with Crippen molar-refractivity contribution in [2.75, 3.05) is 19.7 Å². The molecule has 1 saturated heterocycles. The van der Waals surface area contributed by atoms with Gasteiger partial charge >= 0.3 is 6.09 Å². The zero-order valence-corrected chi connectivity index (χ0v) is 12.7. The second-order valence-corrected chi connectivity index (χ2v) is 6.51. The molecule has 1 aromatic carbocycles. The Morgan fingerprint density at radius 2 is 1.95 bits per heavy atom. The molecular formula is C16H23NO4. The maximum absolute atomic E-state index is 11.3. The number of amides is 1. The highest BCUT2D eigenvalue weighted by molar-refractivity contribution is 5.65. The van der Waals surface area contributed by atoms with Crippen molar-refractivity contribution < 1.29 is 19.7 Å². The average Bonchev–Trinajstić information content (AvgIpc) is 2.46. The van der Waals surface area contributed by atoms with Gasteiger partial charge in [0.15, 0.2) is 0 Å². The smallest absolute Gasteiger partial charge is 0.407 e. The molecule has 2 rings (SSSR count). The van der Waals surface area contributed by atoms with E-state index in [1.165, 1.54) is 4.90 Å². The summed E-state index contributed by atoms with van der Waals surface area (Å²) < 4.78 is 5.97. The summed E-state index contributed by atoms with van der Waals surface area (Å²) in [4.78, 5) is 12.6. The summed E-state index contributed by atoms with van der Waals surface area (Å²) in [6.45, 7) is 6.66. The zero-order chi connectivity index (χ0) is 15.7. The fourth-order valence-electron chi connectivity index (χ4n) is 2.84. The van der Waals surface area contributed by atoms with Crippen molar-refractivity contribution in [3.8, 4) is 0 Å². The molecule has 2 atom stereocenters. The Kier molecular flexibility index (Phi) is 4.25. The quantitative estimate of drug-likeness (QED) is 0.879. The predicted octanol–water partition coefficient (Wildman–Crippen LogP) is 2.52. The number of ether oxygens (including phenoxy) is 1. The lowest BCUT2D eigenvalue weighted by Crippen LogP contribution is -2.62. The molecule has 21 heavy (non-hydrogen) atoms. The van der Waals surface area contributed by atoms with Crippen molar-refractivity contribution in [3.63, 3.8) is 0 Å². The van der Waals surface area contributed by atoms with Crippen molar-refractivity contribution in [2.45, 2.75) is 32.5 Å². The topological polar surface area (TPSA) is 70.0 Å². The van der Waals surface area contributed by atoms with Gasteiger partial charge in [0.1, 0.15) is 11.7 Å². The summed E-state index contributed by atoms with van der Waals surface area (Å²) >= 11 is 0. The van der Waals surface area contributed by atoms with Crippen molar-refractivity contribution in [2.24, 2.45) is 5.41 Å². The molecule has 0 spiro atoms. The fraction of sp³-hybridized carbons (Fsp3) is 0.562. The first-order chi connectivity index (χ1) is 9.78. The van der Waals surface area contributed by atoms with Crippen LogP contribution in [0.4, 0.5) is 4.79 Å². The number of carbonyl (C=O) groups is 1. The number of aliphatic hydroxyl groups is 1. The Morgan fingerprint density at radius 3 is 2.48 bits per heavy atom. The van der Waals surface area contributed by atoms with Crippen LogP contribution in [0.3, 0.4) is 0 Å². The summed E-state index contributed by atoms with van der Waals surface area (Å²) in [5.41, 5.74) is -0.652. The molecule has 1 fully saturated rings. The van der Waals surface area contributed by atoms with Crippen LogP contribution in [-0.4, -0.2) is 46.5 Å². The minimum atomic E-state index is -0.979. The fourth-order valence-corrected chi connectivity index (χ4v) is 2.84. The minimum absolute atomic E-state index is 0.155. The molecule has 1 aliphatic heterocycles. The molecule has 0 aliphatic carbocycles. The molecule has 0 aromatic heterocycles. The number of morpholine rings is 1. The summed E-state index contributed by atoms with van der Waals surface area (Å²) in [7, 11) is 0. The van der Waals surface area contributed by atoms with Gasteiger partial charge in [-0.15, -0.1) is 0 Å². The van der Waals surface area contributed by atoms with Gasteiger partial charge in [-0.3, -0.25) is 0 Å². The molecule has 5 nitrogen and oxygen atoms in total. The number of aliphatic hydroxyl groups excluding tert-OH is 1. The lowest BCUT2D eigenvalue weighted by molar-refractivity contribution is -0.213. The number of nitrogens with zero attached hydrogens (tertiary/aromatic N) is 1. The lowest BCUT2D eigenvalue weighted by Gasteiger charge is -2.52. The molecular weight excluding hydrogens is 270 g/mol. The van der Waals surface area contributed by atoms with Gasteiger partial charge in [-0.05, 0) is 11.0 Å². The highest BCUT2D eigenvalue weighted by atomic mass is 16.5. The molecule has 2 N–H and O–H groups in total. The Bertz CT molecular complexity index is 497. The number of hydrogen-bond acceptors (Lipinski definition) is 3. The zero-order valence-electron chi connectivity index (χ0n) is 12.7. The van der Waals surface area contributed by atoms with Gasteiger partial charge in [0.25, 0.3) is 0 Å². The van der Waals surface area contributed by atoms with Crippen LogP contribution in [0, 0.1) is 5.41 Å². The van der Waals surface area contributed by atoms with Crippen LogP contribution in [0.2, 0.25) is 0 Å². The van der Waals surface area contributed by atoms with E-state index < -0.39 is 23.2 Å². The van der Waals surface area contributed by atoms with E-state index in [4.69, 9.17) is 4.74 Å². The van der Waals surface area contributed by atoms with Gasteiger partial charge in [-0.2, -0.15) is 0 Å². The third-order valence-corrected chi connectivity index (χ3v) is 4.24. The number of rotatable bonds is 2. The van der Waals surface area contributed by atoms with E-state index >= 15 is 0 Å². The van der Waals surface area contributed by atoms with E-state index in [0.29, 0.717) is 6.54 Å². The van der Waals surface area contributed by atoms with Crippen LogP contribution < -0.4 is 0 Å². The SMILES string of the molecule is CC(C)(C)[C@@]1(C(O)c2ccccc2)CN(C(=O)O)CCO1. The van der Waals surface area contributed by atoms with Crippen LogP contribution in [0.1, 0.15) is 32.4 Å². The third kappa shape index (κ3) is 2.89. The van der Waals surface area contributed by atoms with E-state index in [1.54, 1.807) is 0 Å². The summed E-state index contributed by atoms with van der Waals surface area (Å²) in [5.74, 6) is 0. The number of benzene rings is 1. The molecule has 116 valence electrons. The van der Waals surface area contributed by atoms with Crippen molar-refractivity contribution in [3.05, 3.63) is 35.9 Å². The first kappa shape index (κ1) is 15.8. The van der Waals surface area contributed by atoms with Crippen LogP contribution in [0.5, 0.6) is 0 Å². The largest absolute Gasteiger partial charge is 0.465 e. The van der Waals surface area contributed by atoms with Gasteiger partial charge in [0, 0.05) is 6.54 Å². The molecule has 0 saturated carbocycles. The normalized spacial score (nSPS) is 24.7. The second-order valence-electron chi connectivity index (χ2n) is 6.51. The Balaban J connectivity index is 2.41. The molecule has 5 heteroatoms. The van der Waals surface area contributed by atoms with Gasteiger partial charge in [-0.1, -0.05) is 51.1 Å². The van der Waals surface area contributed by atoms with E-state index in [0.717, 1.165) is 5.56 Å². The van der Waals surface area contributed by atoms with Gasteiger partial charge in [0.05, 0.1) is 13.2 Å². The second kappa shape index (κ2) is 5.66. The van der Waals surface area contributed by atoms with Crippen molar-refractivity contribution in [1.29, 1.82) is 0 Å². The van der Waals surface area contributed by atoms with Gasteiger partial charge in [0.2, 0.25) is 0 Å². The molecule has 1 aliphatic rings. The Hall–Kier alpha value is -1.59. The van der Waals surface area contributed by atoms with E-state index in [2.05, 4.69) is 0 Å². The molecule has 1 amide bonds. The monoisotopic (exact) mass is 293 g/mol. The van der Waals surface area contributed by atoms with Gasteiger partial charge < -0.3 is 19.8 Å². The van der Waals surface area contributed by atoms with Crippen LogP contribution in [0.25, 0.3) is 0 Å². The molecule has 0 bridgehead atoms. The van der Waals surface area contributed by atoms with Crippen LogP contribution in [0.15, 0.2) is 30.3 Å². The first-order valence-electron chi connectivity index (χ1n) is 7.13. The predicted molar refractivity (Wildman–Crippen MR) is 79.1 cm³/mol. The van der Waals surface area contributed by atoms with E-state index in [1.807, 2.05) is 51.1 Å². The van der Waals surface area contributed by atoms with E-state index in [-0.39, 0.29) is 13.2 Å². The molecule has 0 radical (unpaired) electrons. The van der Waals surface area contributed by atoms with Gasteiger partial charge in [-0.25, -0.2) is 4.79 Å². The minimum Gasteiger partial charge on any atom is -0.465 e. The maximum atomic E-state index is 11.3. The third-order valence-electron chi connectivity index (χ3n) is 4.24. The highest BCUT2D eigenvalue weighted by Crippen LogP contribution is 2.45. The summed E-state index contributed by atoms with van der Waals surface area (Å²) in [6.07, 6.45) is -1.87. The van der Waals surface area contributed by atoms with Crippen molar-refractivity contribution >= 4 is 6.09 Å².